The van der Waals surface area contributed by atoms with Gasteiger partial charge in [0, 0.05) is 23.4 Å². The maximum Gasteiger partial charge on any atom is 0.232 e. The first-order valence-electron chi connectivity index (χ1n) is 9.07. The standard InChI is InChI=1S/C22H16ClN3O2S2/c1-13(27)20-19(14-7-3-2-4-8-14)26-22(30-20)25-18(28)11-15-12-29-21(24-15)16-9-5-6-10-17(16)23/h2-10,12H,11H2,1H3,(H,25,26,28). The lowest BCUT2D eigenvalue weighted by Crippen LogP contribution is -2.14. The molecule has 0 spiro atoms. The molecule has 0 fully saturated rings. The number of benzene rings is 2. The number of amides is 1. The van der Waals surface area contributed by atoms with Crippen molar-refractivity contribution in [2.45, 2.75) is 13.3 Å². The lowest BCUT2D eigenvalue weighted by Gasteiger charge is -2.00. The highest BCUT2D eigenvalue weighted by atomic mass is 35.5. The molecule has 0 aliphatic rings. The molecule has 0 aliphatic carbocycles. The average Bonchev–Trinajstić information content (AvgIpc) is 3.36. The van der Waals surface area contributed by atoms with Crippen LogP contribution < -0.4 is 5.32 Å². The van der Waals surface area contributed by atoms with E-state index < -0.39 is 0 Å². The van der Waals surface area contributed by atoms with E-state index in [2.05, 4.69) is 15.3 Å². The van der Waals surface area contributed by atoms with E-state index in [4.69, 9.17) is 11.6 Å². The molecule has 8 heteroatoms. The molecule has 1 N–H and O–H groups in total. The number of rotatable bonds is 6. The quantitative estimate of drug-likeness (QED) is 0.365. The molecule has 0 aliphatic heterocycles. The number of anilines is 1. The molecule has 0 atom stereocenters. The van der Waals surface area contributed by atoms with Crippen LogP contribution in [0, 0.1) is 0 Å². The average molecular weight is 454 g/mol. The van der Waals surface area contributed by atoms with Crippen molar-refractivity contribution >= 4 is 51.1 Å². The number of aromatic nitrogens is 2. The third-order valence-electron chi connectivity index (χ3n) is 4.24. The van der Waals surface area contributed by atoms with Crippen LogP contribution in [-0.4, -0.2) is 21.7 Å². The van der Waals surface area contributed by atoms with Gasteiger partial charge in [0.25, 0.3) is 0 Å². The lowest BCUT2D eigenvalue weighted by atomic mass is 10.1. The third kappa shape index (κ3) is 4.48. The molecule has 0 radical (unpaired) electrons. The zero-order chi connectivity index (χ0) is 21.1. The Kier molecular flexibility index (Phi) is 6.03. The van der Waals surface area contributed by atoms with E-state index in [1.165, 1.54) is 29.6 Å². The van der Waals surface area contributed by atoms with Gasteiger partial charge in [-0.1, -0.05) is 71.5 Å². The number of hydrogen-bond donors (Lipinski definition) is 1. The van der Waals surface area contributed by atoms with Gasteiger partial charge in [0.15, 0.2) is 10.9 Å². The van der Waals surface area contributed by atoms with Gasteiger partial charge in [0.1, 0.15) is 5.01 Å². The van der Waals surface area contributed by atoms with Crippen molar-refractivity contribution in [3.63, 3.8) is 0 Å². The summed E-state index contributed by atoms with van der Waals surface area (Å²) < 4.78 is 0. The molecule has 4 aromatic rings. The van der Waals surface area contributed by atoms with Gasteiger partial charge in [-0.25, -0.2) is 9.97 Å². The first-order valence-corrected chi connectivity index (χ1v) is 11.1. The fourth-order valence-electron chi connectivity index (χ4n) is 2.88. The van der Waals surface area contributed by atoms with Gasteiger partial charge in [-0.3, -0.25) is 9.59 Å². The van der Waals surface area contributed by atoms with Gasteiger partial charge < -0.3 is 5.32 Å². The molecule has 150 valence electrons. The lowest BCUT2D eigenvalue weighted by molar-refractivity contribution is -0.115. The van der Waals surface area contributed by atoms with E-state index in [1.54, 1.807) is 0 Å². The molecule has 0 unspecified atom stereocenters. The normalized spacial score (nSPS) is 10.7. The van der Waals surface area contributed by atoms with E-state index >= 15 is 0 Å². The molecule has 0 saturated carbocycles. The summed E-state index contributed by atoms with van der Waals surface area (Å²) in [5, 5.41) is 6.42. The summed E-state index contributed by atoms with van der Waals surface area (Å²) in [4.78, 5) is 34.1. The molecular weight excluding hydrogens is 438 g/mol. The van der Waals surface area contributed by atoms with Crippen molar-refractivity contribution in [2.75, 3.05) is 5.32 Å². The molecule has 1 amide bonds. The first kappa shape index (κ1) is 20.4. The summed E-state index contributed by atoms with van der Waals surface area (Å²) in [6.45, 7) is 1.50. The van der Waals surface area contributed by atoms with Crippen LogP contribution in [0.1, 0.15) is 22.3 Å². The molecular formula is C22H16ClN3O2S2. The summed E-state index contributed by atoms with van der Waals surface area (Å²) in [5.74, 6) is -0.329. The summed E-state index contributed by atoms with van der Waals surface area (Å²) in [6, 6.07) is 16.9. The van der Waals surface area contributed by atoms with Crippen LogP contribution in [-0.2, 0) is 11.2 Å². The van der Waals surface area contributed by atoms with Crippen LogP contribution in [0.2, 0.25) is 5.02 Å². The fourth-order valence-corrected chi connectivity index (χ4v) is 4.92. The molecule has 2 aromatic heterocycles. The summed E-state index contributed by atoms with van der Waals surface area (Å²) in [7, 11) is 0. The van der Waals surface area contributed by atoms with Crippen LogP contribution in [0.4, 0.5) is 5.13 Å². The summed E-state index contributed by atoms with van der Waals surface area (Å²) >= 11 is 8.84. The highest BCUT2D eigenvalue weighted by Gasteiger charge is 2.18. The van der Waals surface area contributed by atoms with E-state index in [9.17, 15) is 9.59 Å². The number of nitrogens with zero attached hydrogens (tertiary/aromatic N) is 2. The van der Waals surface area contributed by atoms with Crippen LogP contribution in [0.5, 0.6) is 0 Å². The van der Waals surface area contributed by atoms with Crippen molar-refractivity contribution in [2.24, 2.45) is 0 Å². The minimum Gasteiger partial charge on any atom is -0.302 e. The number of carbonyl (C=O) groups is 2. The zero-order valence-corrected chi connectivity index (χ0v) is 18.3. The van der Waals surface area contributed by atoms with Gasteiger partial charge in [-0.05, 0) is 6.07 Å². The smallest absolute Gasteiger partial charge is 0.232 e. The monoisotopic (exact) mass is 453 g/mol. The number of hydrogen-bond acceptors (Lipinski definition) is 6. The predicted octanol–water partition coefficient (Wildman–Crippen LogP) is 5.97. The Balaban J connectivity index is 1.50. The van der Waals surface area contributed by atoms with Crippen molar-refractivity contribution in [3.05, 3.63) is 75.6 Å². The summed E-state index contributed by atoms with van der Waals surface area (Å²) in [5.41, 5.74) is 2.91. The van der Waals surface area contributed by atoms with E-state index in [1.807, 2.05) is 60.0 Å². The maximum atomic E-state index is 12.5. The number of ketones is 1. The van der Waals surface area contributed by atoms with Crippen LogP contribution >= 0.6 is 34.3 Å². The Labute approximate surface area is 186 Å². The zero-order valence-electron chi connectivity index (χ0n) is 15.9. The largest absolute Gasteiger partial charge is 0.302 e. The molecule has 0 bridgehead atoms. The van der Waals surface area contributed by atoms with Gasteiger partial charge in [-0.15, -0.1) is 11.3 Å². The van der Waals surface area contributed by atoms with Gasteiger partial charge in [-0.2, -0.15) is 0 Å². The van der Waals surface area contributed by atoms with Crippen molar-refractivity contribution < 1.29 is 9.59 Å². The number of thiazole rings is 2. The number of carbonyl (C=O) groups excluding carboxylic acids is 2. The minimum atomic E-state index is -0.241. The van der Waals surface area contributed by atoms with Crippen molar-refractivity contribution in [1.82, 2.24) is 9.97 Å². The maximum absolute atomic E-state index is 12.5. The molecule has 2 aromatic carbocycles. The minimum absolute atomic E-state index is 0.0873. The highest BCUT2D eigenvalue weighted by Crippen LogP contribution is 2.32. The first-order chi connectivity index (χ1) is 14.5. The van der Waals surface area contributed by atoms with Crippen LogP contribution in [0.15, 0.2) is 60.0 Å². The second-order valence-corrected chi connectivity index (χ2v) is 8.73. The van der Waals surface area contributed by atoms with Crippen molar-refractivity contribution in [1.29, 1.82) is 0 Å². The van der Waals surface area contributed by atoms with Crippen molar-refractivity contribution in [3.8, 4) is 21.8 Å². The fraction of sp³-hybridized carbons (Fsp3) is 0.0909. The Morgan fingerprint density at radius 2 is 1.77 bits per heavy atom. The van der Waals surface area contributed by atoms with Gasteiger partial charge in [0.2, 0.25) is 5.91 Å². The summed E-state index contributed by atoms with van der Waals surface area (Å²) in [6.07, 6.45) is 0.108. The Morgan fingerprint density at radius 1 is 1.03 bits per heavy atom. The van der Waals surface area contributed by atoms with Gasteiger partial charge in [0.05, 0.1) is 27.7 Å². The van der Waals surface area contributed by atoms with Gasteiger partial charge >= 0.3 is 0 Å². The number of nitrogens with one attached hydrogen (secondary N) is 1. The third-order valence-corrected chi connectivity index (χ3v) is 6.56. The molecule has 0 saturated heterocycles. The van der Waals surface area contributed by atoms with E-state index in [0.717, 1.165) is 16.1 Å². The predicted molar refractivity (Wildman–Crippen MR) is 122 cm³/mol. The second-order valence-electron chi connectivity index (χ2n) is 6.47. The number of Topliss-reactive ketones (excluding diaryl/α,β-unsaturated/α-hetero) is 1. The highest BCUT2D eigenvalue weighted by molar-refractivity contribution is 7.18. The molecule has 30 heavy (non-hydrogen) atoms. The second kappa shape index (κ2) is 8.87. The Bertz CT molecular complexity index is 1220. The Hall–Kier alpha value is -2.87. The Morgan fingerprint density at radius 3 is 2.50 bits per heavy atom. The molecule has 2 heterocycles. The molecule has 4 rings (SSSR count). The van der Waals surface area contributed by atoms with E-state index in [-0.39, 0.29) is 18.1 Å². The SMILES string of the molecule is CC(=O)c1sc(NC(=O)Cc2csc(-c3ccccc3Cl)n2)nc1-c1ccccc1. The molecule has 5 nitrogen and oxygen atoms in total. The topological polar surface area (TPSA) is 72.0 Å². The number of halogens is 1. The van der Waals surface area contributed by atoms with Crippen LogP contribution in [0.3, 0.4) is 0 Å². The van der Waals surface area contributed by atoms with E-state index in [0.29, 0.717) is 26.4 Å². The van der Waals surface area contributed by atoms with Crippen LogP contribution in [0.25, 0.3) is 21.8 Å².